The molecule has 1 heterocycles. The van der Waals surface area contributed by atoms with Crippen molar-refractivity contribution in [1.82, 2.24) is 10.1 Å². The zero-order valence-electron chi connectivity index (χ0n) is 10.9. The van der Waals surface area contributed by atoms with Crippen LogP contribution in [0.1, 0.15) is 70.0 Å². The van der Waals surface area contributed by atoms with E-state index in [1.165, 1.54) is 12.8 Å². The molecule has 0 aromatic carbocycles. The molecule has 1 N–H and O–H groups in total. The van der Waals surface area contributed by atoms with Gasteiger partial charge in [-0.2, -0.15) is 4.98 Å². The molecule has 0 aliphatic heterocycles. The van der Waals surface area contributed by atoms with Gasteiger partial charge in [0.25, 0.3) is 0 Å². The van der Waals surface area contributed by atoms with Crippen molar-refractivity contribution in [1.29, 1.82) is 0 Å². The number of hydrogen-bond acceptors (Lipinski definition) is 4. The summed E-state index contributed by atoms with van der Waals surface area (Å²) in [7, 11) is 0. The third-order valence-electron chi connectivity index (χ3n) is 3.95. The Labute approximate surface area is 102 Å². The summed E-state index contributed by atoms with van der Waals surface area (Å²) in [4.78, 5) is 4.44. The number of hydrogen-bond donors (Lipinski definition) is 1. The summed E-state index contributed by atoms with van der Waals surface area (Å²) in [5, 5.41) is 13.6. The summed E-state index contributed by atoms with van der Waals surface area (Å²) in [5.74, 6) is 2.59. The predicted molar refractivity (Wildman–Crippen MR) is 64.8 cm³/mol. The van der Waals surface area contributed by atoms with Crippen LogP contribution < -0.4 is 0 Å². The topological polar surface area (TPSA) is 59.2 Å². The van der Waals surface area contributed by atoms with E-state index in [2.05, 4.69) is 17.1 Å². The van der Waals surface area contributed by atoms with Gasteiger partial charge in [-0.25, -0.2) is 0 Å². The Kier molecular flexibility index (Phi) is 3.82. The van der Waals surface area contributed by atoms with Crippen LogP contribution in [-0.4, -0.2) is 21.4 Å². The Bertz CT molecular complexity index is 354. The van der Waals surface area contributed by atoms with Gasteiger partial charge in [-0.1, -0.05) is 31.8 Å². The van der Waals surface area contributed by atoms with Gasteiger partial charge >= 0.3 is 0 Å². The van der Waals surface area contributed by atoms with Gasteiger partial charge in [0.1, 0.15) is 0 Å². The highest BCUT2D eigenvalue weighted by atomic mass is 16.5. The minimum Gasteiger partial charge on any atom is -0.393 e. The Morgan fingerprint density at radius 2 is 1.88 bits per heavy atom. The lowest BCUT2D eigenvalue weighted by Gasteiger charge is -2.23. The van der Waals surface area contributed by atoms with Crippen molar-refractivity contribution < 1.29 is 9.63 Å². The summed E-state index contributed by atoms with van der Waals surface area (Å²) < 4.78 is 5.25. The van der Waals surface area contributed by atoms with Gasteiger partial charge in [0.05, 0.1) is 12.0 Å². The van der Waals surface area contributed by atoms with E-state index in [1.54, 1.807) is 6.92 Å². The summed E-state index contributed by atoms with van der Waals surface area (Å²) in [6.07, 6.45) is 4.36. The molecule has 0 radical (unpaired) electrons. The maximum atomic E-state index is 9.50. The average Bonchev–Trinajstić information content (AvgIpc) is 2.78. The van der Waals surface area contributed by atoms with E-state index in [1.807, 2.05) is 6.92 Å². The minimum atomic E-state index is -0.449. The van der Waals surface area contributed by atoms with E-state index < -0.39 is 6.10 Å². The molecule has 1 aliphatic rings. The fraction of sp³-hybridized carbons (Fsp3) is 0.846. The Balaban J connectivity index is 2.03. The van der Waals surface area contributed by atoms with Gasteiger partial charge in [0.2, 0.25) is 5.89 Å². The van der Waals surface area contributed by atoms with Gasteiger partial charge in [-0.05, 0) is 25.7 Å². The number of aromatic nitrogens is 2. The van der Waals surface area contributed by atoms with Crippen molar-refractivity contribution in [2.45, 2.75) is 64.4 Å². The number of nitrogens with zero attached hydrogens (tertiary/aromatic N) is 2. The van der Waals surface area contributed by atoms with E-state index in [0.717, 1.165) is 24.6 Å². The second-order valence-electron chi connectivity index (χ2n) is 5.48. The summed E-state index contributed by atoms with van der Waals surface area (Å²) >= 11 is 0. The molecular weight excluding hydrogens is 216 g/mol. The summed E-state index contributed by atoms with van der Waals surface area (Å²) in [5.41, 5.74) is 0. The molecule has 0 amide bonds. The number of aliphatic hydroxyl groups excluding tert-OH is 1. The molecular formula is C13H22N2O2. The van der Waals surface area contributed by atoms with Crippen molar-refractivity contribution in [3.8, 4) is 0 Å². The molecule has 4 nitrogen and oxygen atoms in total. The molecule has 2 rings (SSSR count). The van der Waals surface area contributed by atoms with Crippen LogP contribution >= 0.6 is 0 Å². The van der Waals surface area contributed by atoms with E-state index >= 15 is 0 Å². The summed E-state index contributed by atoms with van der Waals surface area (Å²) in [6, 6.07) is 0. The first-order chi connectivity index (χ1) is 8.08. The average molecular weight is 238 g/mol. The fourth-order valence-electron chi connectivity index (χ4n) is 2.32. The quantitative estimate of drug-likeness (QED) is 0.879. The third-order valence-corrected chi connectivity index (χ3v) is 3.95. The smallest absolute Gasteiger partial charge is 0.232 e. The first kappa shape index (κ1) is 12.6. The van der Waals surface area contributed by atoms with Crippen LogP contribution in [0.25, 0.3) is 0 Å². The summed E-state index contributed by atoms with van der Waals surface area (Å²) in [6.45, 7) is 5.95. The monoisotopic (exact) mass is 238 g/mol. The zero-order chi connectivity index (χ0) is 12.4. The SMILES string of the molecule is CC1CCC(c2noc(C(C)C(C)O)n2)CC1. The van der Waals surface area contributed by atoms with Crippen LogP contribution in [0.2, 0.25) is 0 Å². The molecule has 1 aromatic rings. The number of rotatable bonds is 3. The van der Waals surface area contributed by atoms with E-state index in [4.69, 9.17) is 4.52 Å². The Morgan fingerprint density at radius 1 is 1.24 bits per heavy atom. The lowest BCUT2D eigenvalue weighted by molar-refractivity contribution is 0.151. The second-order valence-corrected chi connectivity index (χ2v) is 5.48. The standard InChI is InChI=1S/C13H22N2O2/c1-8-4-6-11(7-5-8)12-14-13(17-15-12)9(2)10(3)16/h8-11,16H,4-7H2,1-3H3. The predicted octanol–water partition coefficient (Wildman–Crippen LogP) is 2.85. The molecule has 1 fully saturated rings. The molecule has 4 heteroatoms. The zero-order valence-corrected chi connectivity index (χ0v) is 10.9. The minimum absolute atomic E-state index is 0.0845. The Hall–Kier alpha value is -0.900. The van der Waals surface area contributed by atoms with Crippen molar-refractivity contribution in [2.75, 3.05) is 0 Å². The molecule has 96 valence electrons. The van der Waals surface area contributed by atoms with Crippen LogP contribution in [0.4, 0.5) is 0 Å². The van der Waals surface area contributed by atoms with Gasteiger partial charge in [0, 0.05) is 5.92 Å². The van der Waals surface area contributed by atoms with E-state index in [0.29, 0.717) is 11.8 Å². The van der Waals surface area contributed by atoms with Gasteiger partial charge < -0.3 is 9.63 Å². The third kappa shape index (κ3) is 2.86. The Morgan fingerprint density at radius 3 is 2.47 bits per heavy atom. The van der Waals surface area contributed by atoms with E-state index in [-0.39, 0.29) is 5.92 Å². The molecule has 1 aliphatic carbocycles. The highest BCUT2D eigenvalue weighted by Gasteiger charge is 2.26. The van der Waals surface area contributed by atoms with E-state index in [9.17, 15) is 5.11 Å². The van der Waals surface area contributed by atoms with Crippen molar-refractivity contribution in [3.63, 3.8) is 0 Å². The molecule has 1 saturated carbocycles. The first-order valence-electron chi connectivity index (χ1n) is 6.59. The molecule has 0 spiro atoms. The van der Waals surface area contributed by atoms with Crippen LogP contribution in [0.5, 0.6) is 0 Å². The second kappa shape index (κ2) is 5.17. The largest absolute Gasteiger partial charge is 0.393 e. The maximum Gasteiger partial charge on any atom is 0.232 e. The molecule has 0 bridgehead atoms. The first-order valence-corrected chi connectivity index (χ1v) is 6.59. The van der Waals surface area contributed by atoms with Crippen molar-refractivity contribution in [3.05, 3.63) is 11.7 Å². The molecule has 17 heavy (non-hydrogen) atoms. The normalized spacial score (nSPS) is 28.9. The van der Waals surface area contributed by atoms with Crippen molar-refractivity contribution >= 4 is 0 Å². The van der Waals surface area contributed by atoms with Crippen LogP contribution in [0.3, 0.4) is 0 Å². The van der Waals surface area contributed by atoms with Gasteiger partial charge in [-0.15, -0.1) is 0 Å². The van der Waals surface area contributed by atoms with Crippen LogP contribution in [0, 0.1) is 5.92 Å². The van der Waals surface area contributed by atoms with Gasteiger partial charge in [-0.3, -0.25) is 0 Å². The molecule has 2 unspecified atom stereocenters. The number of aliphatic hydroxyl groups is 1. The molecule has 2 atom stereocenters. The highest BCUT2D eigenvalue weighted by Crippen LogP contribution is 2.34. The lowest BCUT2D eigenvalue weighted by atomic mass is 9.83. The van der Waals surface area contributed by atoms with Gasteiger partial charge in [0.15, 0.2) is 5.82 Å². The van der Waals surface area contributed by atoms with Crippen LogP contribution in [0.15, 0.2) is 4.52 Å². The maximum absolute atomic E-state index is 9.50. The molecule has 1 aromatic heterocycles. The lowest BCUT2D eigenvalue weighted by Crippen LogP contribution is -2.13. The van der Waals surface area contributed by atoms with Crippen LogP contribution in [-0.2, 0) is 0 Å². The highest BCUT2D eigenvalue weighted by molar-refractivity contribution is 5.00. The van der Waals surface area contributed by atoms with Crippen molar-refractivity contribution in [2.24, 2.45) is 5.92 Å². The fourth-order valence-corrected chi connectivity index (χ4v) is 2.32. The molecule has 0 saturated heterocycles.